The van der Waals surface area contributed by atoms with Crippen molar-refractivity contribution in [3.63, 3.8) is 0 Å². The zero-order chi connectivity index (χ0) is 18.0. The fourth-order valence-corrected chi connectivity index (χ4v) is 3.36. The molecule has 0 saturated carbocycles. The molecule has 8 nitrogen and oxygen atoms in total. The monoisotopic (exact) mass is 395 g/mol. The van der Waals surface area contributed by atoms with Crippen LogP contribution in [0.3, 0.4) is 0 Å². The number of sulfonamides is 1. The number of carbonyl (C=O) groups excluding carboxylic acids is 1. The van der Waals surface area contributed by atoms with Gasteiger partial charge in [0.1, 0.15) is 0 Å². The van der Waals surface area contributed by atoms with Crippen molar-refractivity contribution in [3.8, 4) is 0 Å². The number of hydrogen-bond donors (Lipinski definition) is 2. The molecule has 3 N–H and O–H groups in total. The Kier molecular flexibility index (Phi) is 11.6. The molecule has 0 aliphatic carbocycles. The summed E-state index contributed by atoms with van der Waals surface area (Å²) in [6.07, 6.45) is 0. The minimum absolute atomic E-state index is 0. The molecular formula is C15H26ClN3O5S. The van der Waals surface area contributed by atoms with Crippen molar-refractivity contribution in [1.29, 1.82) is 0 Å². The molecule has 0 aliphatic heterocycles. The average molecular weight is 396 g/mol. The molecule has 0 atom stereocenters. The highest BCUT2D eigenvalue weighted by Gasteiger charge is 2.24. The van der Waals surface area contributed by atoms with Gasteiger partial charge in [0.2, 0.25) is 10.0 Å². The van der Waals surface area contributed by atoms with E-state index in [-0.39, 0.29) is 49.5 Å². The second-order valence-corrected chi connectivity index (χ2v) is 6.90. The van der Waals surface area contributed by atoms with E-state index in [9.17, 15) is 13.2 Å². The third-order valence-electron chi connectivity index (χ3n) is 3.27. The lowest BCUT2D eigenvalue weighted by atomic mass is 10.2. The van der Waals surface area contributed by atoms with Gasteiger partial charge in [-0.1, -0.05) is 0 Å². The molecule has 0 unspecified atom stereocenters. The number of rotatable bonds is 11. The molecule has 144 valence electrons. The van der Waals surface area contributed by atoms with Crippen LogP contribution in [-0.4, -0.2) is 72.2 Å². The zero-order valence-corrected chi connectivity index (χ0v) is 16.1. The van der Waals surface area contributed by atoms with Gasteiger partial charge in [0.05, 0.1) is 18.1 Å². The third kappa shape index (κ3) is 7.27. The molecule has 0 heterocycles. The van der Waals surface area contributed by atoms with Crippen molar-refractivity contribution in [2.45, 2.75) is 4.90 Å². The molecule has 0 spiro atoms. The van der Waals surface area contributed by atoms with E-state index in [1.807, 2.05) is 0 Å². The average Bonchev–Trinajstić information content (AvgIpc) is 2.59. The van der Waals surface area contributed by atoms with Gasteiger partial charge in [-0.15, -0.1) is 12.4 Å². The van der Waals surface area contributed by atoms with Gasteiger partial charge in [-0.25, -0.2) is 8.42 Å². The number of benzene rings is 1. The van der Waals surface area contributed by atoms with Gasteiger partial charge in [0.15, 0.2) is 0 Å². The molecule has 0 radical (unpaired) electrons. The van der Waals surface area contributed by atoms with Crippen LogP contribution < -0.4 is 11.1 Å². The number of carbonyl (C=O) groups is 1. The lowest BCUT2D eigenvalue weighted by molar-refractivity contribution is 0.0954. The summed E-state index contributed by atoms with van der Waals surface area (Å²) in [5.41, 5.74) is 5.71. The predicted octanol–water partition coefficient (Wildman–Crippen LogP) is 0.0804. The Labute approximate surface area is 155 Å². The molecular weight excluding hydrogens is 370 g/mol. The van der Waals surface area contributed by atoms with Gasteiger partial charge < -0.3 is 20.5 Å². The summed E-state index contributed by atoms with van der Waals surface area (Å²) in [7, 11) is -0.664. The van der Waals surface area contributed by atoms with Crippen LogP contribution in [0.5, 0.6) is 0 Å². The Balaban J connectivity index is 0.00000576. The summed E-state index contributed by atoms with van der Waals surface area (Å²) >= 11 is 0. The van der Waals surface area contributed by atoms with Crippen LogP contribution in [0, 0.1) is 0 Å². The number of methoxy groups -OCH3 is 2. The highest BCUT2D eigenvalue weighted by Crippen LogP contribution is 2.16. The summed E-state index contributed by atoms with van der Waals surface area (Å²) in [6.45, 7) is 1.71. The quantitative estimate of drug-likeness (QED) is 0.549. The van der Waals surface area contributed by atoms with Gasteiger partial charge >= 0.3 is 0 Å². The zero-order valence-electron chi connectivity index (χ0n) is 14.4. The Bertz CT molecular complexity index is 602. The number of ether oxygens (including phenoxy) is 2. The number of hydrogen-bond acceptors (Lipinski definition) is 6. The minimum atomic E-state index is -3.68. The Morgan fingerprint density at radius 2 is 1.64 bits per heavy atom. The molecule has 0 fully saturated rings. The number of nitrogens with zero attached hydrogens (tertiary/aromatic N) is 1. The van der Waals surface area contributed by atoms with Crippen LogP contribution >= 0.6 is 12.4 Å². The van der Waals surface area contributed by atoms with E-state index in [2.05, 4.69) is 5.32 Å². The maximum atomic E-state index is 12.7. The normalized spacial score (nSPS) is 11.2. The first kappa shape index (κ1) is 23.8. The van der Waals surface area contributed by atoms with Crippen molar-refractivity contribution in [2.75, 3.05) is 53.6 Å². The molecule has 1 rings (SSSR count). The summed E-state index contributed by atoms with van der Waals surface area (Å²) in [5.74, 6) is -0.292. The lowest BCUT2D eigenvalue weighted by Crippen LogP contribution is -2.36. The van der Waals surface area contributed by atoms with Crippen LogP contribution in [0.2, 0.25) is 0 Å². The van der Waals surface area contributed by atoms with Gasteiger partial charge in [0.25, 0.3) is 5.91 Å². The Morgan fingerprint density at radius 1 is 1.12 bits per heavy atom. The van der Waals surface area contributed by atoms with E-state index >= 15 is 0 Å². The molecule has 1 aromatic rings. The van der Waals surface area contributed by atoms with E-state index in [0.29, 0.717) is 18.7 Å². The minimum Gasteiger partial charge on any atom is -0.383 e. The highest BCUT2D eigenvalue weighted by atomic mass is 35.5. The standard InChI is InChI=1S/C15H25N3O5S.ClH/c1-22-11-9-18(10-12-23-2)24(20,21)14-5-3-13(4-6-14)15(19)17-8-7-16;/h3-6H,7-12,16H2,1-2H3,(H,17,19);1H. The number of nitrogens with two attached hydrogens (primary N) is 1. The van der Waals surface area contributed by atoms with Crippen LogP contribution in [0.1, 0.15) is 10.4 Å². The van der Waals surface area contributed by atoms with E-state index < -0.39 is 10.0 Å². The number of halogens is 1. The van der Waals surface area contributed by atoms with Crippen LogP contribution in [-0.2, 0) is 19.5 Å². The van der Waals surface area contributed by atoms with Crippen molar-refractivity contribution in [2.24, 2.45) is 5.73 Å². The highest BCUT2D eigenvalue weighted by molar-refractivity contribution is 7.89. The number of nitrogens with one attached hydrogen (secondary N) is 1. The van der Waals surface area contributed by atoms with E-state index in [1.165, 1.54) is 42.8 Å². The first-order valence-electron chi connectivity index (χ1n) is 7.53. The molecule has 0 aromatic heterocycles. The van der Waals surface area contributed by atoms with Crippen molar-refractivity contribution < 1.29 is 22.7 Å². The molecule has 10 heteroatoms. The van der Waals surface area contributed by atoms with Crippen LogP contribution in [0.15, 0.2) is 29.2 Å². The summed E-state index contributed by atoms with van der Waals surface area (Å²) in [5, 5.41) is 2.63. The Hall–Kier alpha value is -1.23. The summed E-state index contributed by atoms with van der Waals surface area (Å²) in [4.78, 5) is 11.9. The van der Waals surface area contributed by atoms with Crippen molar-refractivity contribution in [3.05, 3.63) is 29.8 Å². The maximum absolute atomic E-state index is 12.7. The molecule has 0 bridgehead atoms. The van der Waals surface area contributed by atoms with E-state index in [4.69, 9.17) is 15.2 Å². The van der Waals surface area contributed by atoms with Crippen LogP contribution in [0.4, 0.5) is 0 Å². The topological polar surface area (TPSA) is 111 Å². The second kappa shape index (κ2) is 12.2. The molecule has 1 aromatic carbocycles. The van der Waals surface area contributed by atoms with Crippen molar-refractivity contribution >= 4 is 28.3 Å². The molecule has 1 amide bonds. The van der Waals surface area contributed by atoms with Crippen LogP contribution in [0.25, 0.3) is 0 Å². The SMILES string of the molecule is COCCN(CCOC)S(=O)(=O)c1ccc(C(=O)NCCN)cc1.Cl. The van der Waals surface area contributed by atoms with Crippen molar-refractivity contribution in [1.82, 2.24) is 9.62 Å². The third-order valence-corrected chi connectivity index (χ3v) is 5.19. The predicted molar refractivity (Wildman–Crippen MR) is 97.6 cm³/mol. The summed E-state index contributed by atoms with van der Waals surface area (Å²) in [6, 6.07) is 5.78. The maximum Gasteiger partial charge on any atom is 0.251 e. The molecule has 0 saturated heterocycles. The van der Waals surface area contributed by atoms with Gasteiger partial charge in [-0.2, -0.15) is 4.31 Å². The lowest BCUT2D eigenvalue weighted by Gasteiger charge is -2.21. The second-order valence-electron chi connectivity index (χ2n) is 4.96. The first-order chi connectivity index (χ1) is 11.5. The molecule has 0 aliphatic rings. The van der Waals surface area contributed by atoms with Gasteiger partial charge in [0, 0.05) is 46.0 Å². The largest absolute Gasteiger partial charge is 0.383 e. The first-order valence-corrected chi connectivity index (χ1v) is 8.97. The van der Waals surface area contributed by atoms with Gasteiger partial charge in [-0.3, -0.25) is 4.79 Å². The Morgan fingerprint density at radius 3 is 2.08 bits per heavy atom. The summed E-state index contributed by atoms with van der Waals surface area (Å²) < 4.78 is 36.6. The fourth-order valence-electron chi connectivity index (χ4n) is 1.95. The molecule has 25 heavy (non-hydrogen) atoms. The van der Waals surface area contributed by atoms with Gasteiger partial charge in [-0.05, 0) is 24.3 Å². The fraction of sp³-hybridized carbons (Fsp3) is 0.533. The number of amides is 1. The van der Waals surface area contributed by atoms with E-state index in [1.54, 1.807) is 0 Å². The van der Waals surface area contributed by atoms with E-state index in [0.717, 1.165) is 0 Å². The smallest absolute Gasteiger partial charge is 0.251 e.